The van der Waals surface area contributed by atoms with Gasteiger partial charge in [-0.25, -0.2) is 0 Å². The van der Waals surface area contributed by atoms with Crippen LogP contribution >= 0.6 is 0 Å². The van der Waals surface area contributed by atoms with Crippen LogP contribution in [0.1, 0.15) is 40.5 Å². The zero-order valence-electron chi connectivity index (χ0n) is 13.2. The fourth-order valence-electron chi connectivity index (χ4n) is 3.03. The van der Waals surface area contributed by atoms with E-state index in [1.807, 2.05) is 6.92 Å². The molecule has 6 heteroatoms. The highest BCUT2D eigenvalue weighted by molar-refractivity contribution is 6.21. The topological polar surface area (TPSA) is 66.9 Å². The number of hydrogen-bond acceptors (Lipinski definition) is 4. The van der Waals surface area contributed by atoms with Gasteiger partial charge in [0.1, 0.15) is 0 Å². The van der Waals surface area contributed by atoms with Gasteiger partial charge in [-0.15, -0.1) is 0 Å². The molecular weight excluding hydrogens is 296 g/mol. The predicted octanol–water partition coefficient (Wildman–Crippen LogP) is 1.31. The number of imide groups is 1. The Labute approximate surface area is 135 Å². The van der Waals surface area contributed by atoms with Crippen LogP contribution in [0, 0.1) is 0 Å². The zero-order chi connectivity index (χ0) is 16.4. The molecule has 0 radical (unpaired) electrons. The van der Waals surface area contributed by atoms with Gasteiger partial charge in [-0.1, -0.05) is 12.1 Å². The minimum atomic E-state index is -0.266. The Balaban J connectivity index is 1.53. The Morgan fingerprint density at radius 1 is 1.22 bits per heavy atom. The van der Waals surface area contributed by atoms with Crippen molar-refractivity contribution in [1.29, 1.82) is 0 Å². The van der Waals surface area contributed by atoms with Crippen molar-refractivity contribution in [2.45, 2.75) is 25.9 Å². The van der Waals surface area contributed by atoms with Crippen LogP contribution in [-0.4, -0.2) is 59.9 Å². The maximum absolute atomic E-state index is 12.2. The highest BCUT2D eigenvalue weighted by Gasteiger charge is 2.34. The molecule has 0 bridgehead atoms. The lowest BCUT2D eigenvalue weighted by Gasteiger charge is -2.31. The van der Waals surface area contributed by atoms with Gasteiger partial charge in [-0.2, -0.15) is 0 Å². The van der Waals surface area contributed by atoms with Gasteiger partial charge in [-0.3, -0.25) is 19.3 Å². The van der Waals surface area contributed by atoms with Crippen LogP contribution in [0.2, 0.25) is 0 Å². The Morgan fingerprint density at radius 3 is 2.48 bits per heavy atom. The van der Waals surface area contributed by atoms with Crippen LogP contribution in [0.3, 0.4) is 0 Å². The van der Waals surface area contributed by atoms with Crippen LogP contribution in [0.5, 0.6) is 0 Å². The molecule has 0 saturated carbocycles. The van der Waals surface area contributed by atoms with E-state index in [1.165, 1.54) is 4.90 Å². The summed E-state index contributed by atoms with van der Waals surface area (Å²) < 4.78 is 5.42. The number of rotatable bonds is 4. The fourth-order valence-corrected chi connectivity index (χ4v) is 3.03. The Hall–Kier alpha value is -2.21. The van der Waals surface area contributed by atoms with Gasteiger partial charge in [0.05, 0.1) is 23.8 Å². The average Bonchev–Trinajstić information content (AvgIpc) is 2.80. The number of morpholine rings is 1. The first-order chi connectivity index (χ1) is 11.1. The van der Waals surface area contributed by atoms with Crippen LogP contribution in [0.4, 0.5) is 0 Å². The van der Waals surface area contributed by atoms with E-state index in [4.69, 9.17) is 4.74 Å². The third-order valence-electron chi connectivity index (χ3n) is 4.24. The molecule has 3 amide bonds. The summed E-state index contributed by atoms with van der Waals surface area (Å²) in [7, 11) is 0. The van der Waals surface area contributed by atoms with Crippen LogP contribution in [0.25, 0.3) is 0 Å². The number of fused-ring (bicyclic) bond motifs is 1. The summed E-state index contributed by atoms with van der Waals surface area (Å²) >= 11 is 0. The summed E-state index contributed by atoms with van der Waals surface area (Å²) in [5.74, 6) is -0.479. The Morgan fingerprint density at radius 2 is 1.87 bits per heavy atom. The molecule has 0 spiro atoms. The molecule has 23 heavy (non-hydrogen) atoms. The van der Waals surface area contributed by atoms with Crippen LogP contribution < -0.4 is 0 Å². The molecular formula is C17H20N2O4. The normalized spacial score (nSPS) is 20.8. The number of benzene rings is 1. The molecule has 1 fully saturated rings. The zero-order valence-corrected chi connectivity index (χ0v) is 13.2. The van der Waals surface area contributed by atoms with Crippen molar-refractivity contribution in [1.82, 2.24) is 9.80 Å². The molecule has 0 aliphatic carbocycles. The standard InChI is InChI=1S/C17H20N2O4/c1-12-11-18(9-10-23-12)15(20)7-4-8-19-16(21)13-5-2-3-6-14(13)17(19)22/h2-3,5-6,12H,4,7-11H2,1H3. The van der Waals surface area contributed by atoms with Gasteiger partial charge in [-0.05, 0) is 25.5 Å². The molecule has 1 unspecified atom stereocenters. The number of carbonyl (C=O) groups is 3. The van der Waals surface area contributed by atoms with Crippen molar-refractivity contribution in [3.63, 3.8) is 0 Å². The molecule has 2 heterocycles. The van der Waals surface area contributed by atoms with Gasteiger partial charge in [0, 0.05) is 26.1 Å². The molecule has 1 saturated heterocycles. The quantitative estimate of drug-likeness (QED) is 0.786. The van der Waals surface area contributed by atoms with Gasteiger partial charge in [0.15, 0.2) is 0 Å². The van der Waals surface area contributed by atoms with Crippen molar-refractivity contribution < 1.29 is 19.1 Å². The lowest BCUT2D eigenvalue weighted by molar-refractivity contribution is -0.138. The molecule has 1 atom stereocenters. The van der Waals surface area contributed by atoms with Gasteiger partial charge in [0.25, 0.3) is 11.8 Å². The minimum absolute atomic E-state index is 0.0526. The van der Waals surface area contributed by atoms with Crippen LogP contribution in [-0.2, 0) is 9.53 Å². The van der Waals surface area contributed by atoms with Gasteiger partial charge in [0.2, 0.25) is 5.91 Å². The molecule has 3 rings (SSSR count). The summed E-state index contributed by atoms with van der Waals surface area (Å²) in [4.78, 5) is 39.6. The Bertz CT molecular complexity index is 608. The first-order valence-electron chi connectivity index (χ1n) is 7.92. The van der Waals surface area contributed by atoms with Crippen molar-refractivity contribution in [3.8, 4) is 0 Å². The third kappa shape index (κ3) is 3.12. The molecule has 0 N–H and O–H groups in total. The maximum atomic E-state index is 12.2. The van der Waals surface area contributed by atoms with E-state index in [1.54, 1.807) is 29.2 Å². The van der Waals surface area contributed by atoms with Crippen LogP contribution in [0.15, 0.2) is 24.3 Å². The lowest BCUT2D eigenvalue weighted by atomic mass is 10.1. The van der Waals surface area contributed by atoms with Crippen molar-refractivity contribution in [2.24, 2.45) is 0 Å². The maximum Gasteiger partial charge on any atom is 0.261 e. The van der Waals surface area contributed by atoms with E-state index in [-0.39, 0.29) is 30.4 Å². The number of amides is 3. The monoisotopic (exact) mass is 316 g/mol. The summed E-state index contributed by atoms with van der Waals surface area (Å²) in [6, 6.07) is 6.82. The molecule has 0 aromatic heterocycles. The largest absolute Gasteiger partial charge is 0.375 e. The molecule has 1 aromatic carbocycles. The van der Waals surface area contributed by atoms with Gasteiger partial charge >= 0.3 is 0 Å². The Kier molecular flexibility index (Phi) is 4.43. The number of hydrogen-bond donors (Lipinski definition) is 0. The summed E-state index contributed by atoms with van der Waals surface area (Å²) in [5, 5.41) is 0. The second kappa shape index (κ2) is 6.50. The smallest absolute Gasteiger partial charge is 0.261 e. The highest BCUT2D eigenvalue weighted by atomic mass is 16.5. The number of ether oxygens (including phenoxy) is 1. The van der Waals surface area contributed by atoms with Crippen molar-refractivity contribution in [3.05, 3.63) is 35.4 Å². The second-order valence-electron chi connectivity index (χ2n) is 5.93. The van der Waals surface area contributed by atoms with E-state index in [0.29, 0.717) is 43.7 Å². The average molecular weight is 316 g/mol. The van der Waals surface area contributed by atoms with E-state index < -0.39 is 0 Å². The molecule has 6 nitrogen and oxygen atoms in total. The second-order valence-corrected chi connectivity index (χ2v) is 5.93. The van der Waals surface area contributed by atoms with Crippen molar-refractivity contribution >= 4 is 17.7 Å². The van der Waals surface area contributed by atoms with E-state index in [2.05, 4.69) is 0 Å². The van der Waals surface area contributed by atoms with Gasteiger partial charge < -0.3 is 9.64 Å². The minimum Gasteiger partial charge on any atom is -0.375 e. The first-order valence-corrected chi connectivity index (χ1v) is 7.92. The SMILES string of the molecule is CC1CN(C(=O)CCCN2C(=O)c3ccccc3C2=O)CCO1. The van der Waals surface area contributed by atoms with E-state index in [9.17, 15) is 14.4 Å². The number of carbonyl (C=O) groups excluding carboxylic acids is 3. The molecule has 2 aliphatic rings. The summed E-state index contributed by atoms with van der Waals surface area (Å²) in [6.45, 7) is 3.99. The van der Waals surface area contributed by atoms with E-state index in [0.717, 1.165) is 0 Å². The fraction of sp³-hybridized carbons (Fsp3) is 0.471. The highest BCUT2D eigenvalue weighted by Crippen LogP contribution is 2.22. The van der Waals surface area contributed by atoms with E-state index >= 15 is 0 Å². The lowest BCUT2D eigenvalue weighted by Crippen LogP contribution is -2.44. The third-order valence-corrected chi connectivity index (χ3v) is 4.24. The molecule has 2 aliphatic heterocycles. The molecule has 122 valence electrons. The first kappa shape index (κ1) is 15.7. The van der Waals surface area contributed by atoms with Crippen molar-refractivity contribution in [2.75, 3.05) is 26.2 Å². The predicted molar refractivity (Wildman–Crippen MR) is 83.0 cm³/mol. The summed E-state index contributed by atoms with van der Waals surface area (Å²) in [5.41, 5.74) is 0.900. The number of nitrogens with zero attached hydrogens (tertiary/aromatic N) is 2. The molecule has 1 aromatic rings. The summed E-state index contributed by atoms with van der Waals surface area (Å²) in [6.07, 6.45) is 0.875.